The van der Waals surface area contributed by atoms with Gasteiger partial charge in [-0.05, 0) is 58.3 Å². The van der Waals surface area contributed by atoms with Gasteiger partial charge in [-0.1, -0.05) is 0 Å². The lowest BCUT2D eigenvalue weighted by atomic mass is 9.94. The molecular weight excluding hydrogens is 282 g/mol. The number of likely N-dealkylation sites (tertiary alicyclic amines) is 1. The van der Waals surface area contributed by atoms with Gasteiger partial charge in [0.1, 0.15) is 10.6 Å². The van der Waals surface area contributed by atoms with E-state index in [1.165, 1.54) is 37.2 Å². The van der Waals surface area contributed by atoms with Crippen molar-refractivity contribution in [3.63, 3.8) is 0 Å². The minimum Gasteiger partial charge on any atom is -0.369 e. The van der Waals surface area contributed by atoms with Gasteiger partial charge in [-0.2, -0.15) is 4.98 Å². The molecule has 1 aliphatic heterocycles. The van der Waals surface area contributed by atoms with Gasteiger partial charge in [-0.3, -0.25) is 0 Å². The third-order valence-electron chi connectivity index (χ3n) is 4.22. The maximum atomic E-state index is 5.80. The smallest absolute Gasteiger partial charge is 0.223 e. The zero-order valence-corrected chi connectivity index (χ0v) is 13.5. The van der Waals surface area contributed by atoms with E-state index in [2.05, 4.69) is 40.2 Å². The van der Waals surface area contributed by atoms with Crippen LogP contribution in [0.15, 0.2) is 6.07 Å². The van der Waals surface area contributed by atoms with Gasteiger partial charge < -0.3 is 16.0 Å². The predicted molar refractivity (Wildman–Crippen MR) is 89.9 cm³/mol. The summed E-state index contributed by atoms with van der Waals surface area (Å²) >= 11 is 1.67. The van der Waals surface area contributed by atoms with Gasteiger partial charge in [0.15, 0.2) is 0 Å². The average molecular weight is 305 g/mol. The van der Waals surface area contributed by atoms with Crippen LogP contribution in [-0.4, -0.2) is 41.5 Å². The molecule has 0 aliphatic carbocycles. The van der Waals surface area contributed by atoms with Crippen LogP contribution in [0.25, 0.3) is 10.2 Å². The largest absolute Gasteiger partial charge is 0.369 e. The molecule has 2 aromatic heterocycles. The van der Waals surface area contributed by atoms with E-state index in [4.69, 9.17) is 5.73 Å². The maximum Gasteiger partial charge on any atom is 0.223 e. The standard InChI is InChI=1S/C15H23N5S/c1-10-9-12-13(18-15(16)19-14(12)21-10)17-6-3-11-4-7-20(2)8-5-11/h9,11H,3-8H2,1-2H3,(H3,16,17,18,19). The summed E-state index contributed by atoms with van der Waals surface area (Å²) in [5.74, 6) is 2.06. The molecule has 0 amide bonds. The molecule has 3 N–H and O–H groups in total. The second-order valence-electron chi connectivity index (χ2n) is 5.97. The van der Waals surface area contributed by atoms with Gasteiger partial charge >= 0.3 is 0 Å². The van der Waals surface area contributed by atoms with Crippen molar-refractivity contribution < 1.29 is 0 Å². The van der Waals surface area contributed by atoms with E-state index < -0.39 is 0 Å². The Morgan fingerprint density at radius 3 is 2.90 bits per heavy atom. The number of anilines is 2. The number of fused-ring (bicyclic) bond motifs is 1. The predicted octanol–water partition coefficient (Wildman–Crippen LogP) is 2.73. The molecule has 0 radical (unpaired) electrons. The molecule has 2 aromatic rings. The van der Waals surface area contributed by atoms with Crippen molar-refractivity contribution in [3.05, 3.63) is 10.9 Å². The van der Waals surface area contributed by atoms with Gasteiger partial charge in [-0.25, -0.2) is 4.98 Å². The summed E-state index contributed by atoms with van der Waals surface area (Å²) in [7, 11) is 2.20. The normalized spacial score (nSPS) is 17.4. The van der Waals surface area contributed by atoms with Gasteiger partial charge in [0.05, 0.1) is 5.39 Å². The number of nitrogens with zero attached hydrogens (tertiary/aromatic N) is 3. The Balaban J connectivity index is 1.62. The number of thiophene rings is 1. The second kappa shape index (κ2) is 6.15. The molecule has 1 fully saturated rings. The Morgan fingerprint density at radius 1 is 1.38 bits per heavy atom. The molecule has 0 spiro atoms. The highest BCUT2D eigenvalue weighted by Gasteiger charge is 2.16. The van der Waals surface area contributed by atoms with E-state index in [1.807, 2.05) is 0 Å². The first-order valence-electron chi connectivity index (χ1n) is 7.58. The summed E-state index contributed by atoms with van der Waals surface area (Å²) in [5.41, 5.74) is 5.80. The van der Waals surface area contributed by atoms with E-state index in [0.717, 1.165) is 28.5 Å². The number of nitrogens with one attached hydrogen (secondary N) is 1. The van der Waals surface area contributed by atoms with Gasteiger partial charge in [-0.15, -0.1) is 11.3 Å². The Morgan fingerprint density at radius 2 is 2.14 bits per heavy atom. The van der Waals surface area contributed by atoms with E-state index in [-0.39, 0.29) is 0 Å². The van der Waals surface area contributed by atoms with Crippen molar-refractivity contribution in [3.8, 4) is 0 Å². The molecule has 1 aliphatic rings. The first-order valence-corrected chi connectivity index (χ1v) is 8.39. The number of nitrogens with two attached hydrogens (primary N) is 1. The molecule has 5 nitrogen and oxygen atoms in total. The summed E-state index contributed by atoms with van der Waals surface area (Å²) in [5, 5.41) is 4.55. The van der Waals surface area contributed by atoms with Crippen LogP contribution in [0.2, 0.25) is 0 Å². The number of rotatable bonds is 4. The Hall–Kier alpha value is -1.40. The topological polar surface area (TPSA) is 67.1 Å². The first kappa shape index (κ1) is 14.5. The minimum absolute atomic E-state index is 0.353. The Kier molecular flexibility index (Phi) is 4.26. The summed E-state index contributed by atoms with van der Waals surface area (Å²) in [4.78, 5) is 13.3. The van der Waals surface area contributed by atoms with E-state index in [0.29, 0.717) is 5.95 Å². The van der Waals surface area contributed by atoms with Crippen molar-refractivity contribution in [2.45, 2.75) is 26.2 Å². The molecule has 3 rings (SSSR count). The number of nitrogen functional groups attached to an aromatic ring is 1. The lowest BCUT2D eigenvalue weighted by Gasteiger charge is -2.28. The molecule has 6 heteroatoms. The van der Waals surface area contributed by atoms with Crippen LogP contribution in [0.1, 0.15) is 24.1 Å². The van der Waals surface area contributed by atoms with Crippen LogP contribution in [0.5, 0.6) is 0 Å². The molecule has 0 saturated carbocycles. The third-order valence-corrected chi connectivity index (χ3v) is 5.16. The molecule has 3 heterocycles. The van der Waals surface area contributed by atoms with Crippen LogP contribution in [-0.2, 0) is 0 Å². The number of aryl methyl sites for hydroxylation is 1. The molecule has 0 unspecified atom stereocenters. The fourth-order valence-corrected chi connectivity index (χ4v) is 3.83. The molecule has 0 bridgehead atoms. The summed E-state index contributed by atoms with van der Waals surface area (Å²) in [6.07, 6.45) is 3.80. The van der Waals surface area contributed by atoms with Gasteiger partial charge in [0, 0.05) is 11.4 Å². The summed E-state index contributed by atoms with van der Waals surface area (Å²) in [6, 6.07) is 2.14. The zero-order valence-electron chi connectivity index (χ0n) is 12.7. The van der Waals surface area contributed by atoms with Crippen LogP contribution >= 0.6 is 11.3 Å². The highest BCUT2D eigenvalue weighted by molar-refractivity contribution is 7.18. The third kappa shape index (κ3) is 3.44. The summed E-state index contributed by atoms with van der Waals surface area (Å²) in [6.45, 7) is 5.48. The highest BCUT2D eigenvalue weighted by Crippen LogP contribution is 2.29. The van der Waals surface area contributed by atoms with Crippen LogP contribution in [0.3, 0.4) is 0 Å². The first-order chi connectivity index (χ1) is 10.1. The molecule has 21 heavy (non-hydrogen) atoms. The number of hydrogen-bond acceptors (Lipinski definition) is 6. The van der Waals surface area contributed by atoms with Crippen LogP contribution < -0.4 is 11.1 Å². The minimum atomic E-state index is 0.353. The molecule has 114 valence electrons. The van der Waals surface area contributed by atoms with E-state index in [1.54, 1.807) is 11.3 Å². The quantitative estimate of drug-likeness (QED) is 0.909. The number of hydrogen-bond donors (Lipinski definition) is 2. The van der Waals surface area contributed by atoms with E-state index in [9.17, 15) is 0 Å². The Labute approximate surface area is 129 Å². The number of piperidine rings is 1. The van der Waals surface area contributed by atoms with Gasteiger partial charge in [0.25, 0.3) is 0 Å². The lowest BCUT2D eigenvalue weighted by Crippen LogP contribution is -2.30. The highest BCUT2D eigenvalue weighted by atomic mass is 32.1. The van der Waals surface area contributed by atoms with Gasteiger partial charge in [0.2, 0.25) is 5.95 Å². The zero-order chi connectivity index (χ0) is 14.8. The van der Waals surface area contributed by atoms with Crippen molar-refractivity contribution in [2.75, 3.05) is 37.7 Å². The molecule has 1 saturated heterocycles. The van der Waals surface area contributed by atoms with Crippen molar-refractivity contribution in [2.24, 2.45) is 5.92 Å². The van der Waals surface area contributed by atoms with Crippen LogP contribution in [0.4, 0.5) is 11.8 Å². The van der Waals surface area contributed by atoms with Crippen molar-refractivity contribution >= 4 is 33.3 Å². The lowest BCUT2D eigenvalue weighted by molar-refractivity contribution is 0.215. The second-order valence-corrected chi connectivity index (χ2v) is 7.20. The monoisotopic (exact) mass is 305 g/mol. The summed E-state index contributed by atoms with van der Waals surface area (Å²) < 4.78 is 0. The van der Waals surface area contributed by atoms with Crippen molar-refractivity contribution in [1.82, 2.24) is 14.9 Å². The van der Waals surface area contributed by atoms with E-state index >= 15 is 0 Å². The molecule has 0 atom stereocenters. The fourth-order valence-electron chi connectivity index (χ4n) is 2.94. The van der Waals surface area contributed by atoms with Crippen molar-refractivity contribution in [1.29, 1.82) is 0 Å². The fraction of sp³-hybridized carbons (Fsp3) is 0.600. The maximum absolute atomic E-state index is 5.80. The number of aromatic nitrogens is 2. The molecule has 0 aromatic carbocycles. The average Bonchev–Trinajstić information content (AvgIpc) is 2.81. The molecular formula is C15H23N5S. The van der Waals surface area contributed by atoms with Crippen LogP contribution in [0, 0.1) is 12.8 Å². The Bertz CT molecular complexity index is 616. The SMILES string of the molecule is Cc1cc2c(NCCC3CCN(C)CC3)nc(N)nc2s1.